The van der Waals surface area contributed by atoms with Crippen LogP contribution in [0.2, 0.25) is 0 Å². The number of nitrogens with zero attached hydrogens (tertiary/aromatic N) is 2. The molecule has 0 radical (unpaired) electrons. The first-order chi connectivity index (χ1) is 13.5. The van der Waals surface area contributed by atoms with Crippen molar-refractivity contribution in [3.05, 3.63) is 42.0 Å². The van der Waals surface area contributed by atoms with Crippen LogP contribution < -0.4 is 4.74 Å². The average Bonchev–Trinajstić information content (AvgIpc) is 3.34. The Kier molecular flexibility index (Phi) is 4.89. The van der Waals surface area contributed by atoms with E-state index in [1.165, 1.54) is 0 Å². The van der Waals surface area contributed by atoms with Gasteiger partial charge in [-0.3, -0.25) is 9.59 Å². The standard InChI is InChI=1S/C21H26N2O5/c1-22(9-10-26-2)19(24)17-16-7-8-21(28-16)13-23(20(25)18(17)21)12-14-5-4-6-15(11-14)27-3/h4-8,11,16-18H,9-10,12-13H2,1-3H3/t16-,17?,18?,21-/m0/s1. The fourth-order valence-corrected chi connectivity index (χ4v) is 4.58. The summed E-state index contributed by atoms with van der Waals surface area (Å²) in [6.45, 7) is 1.88. The summed E-state index contributed by atoms with van der Waals surface area (Å²) in [5.41, 5.74) is 0.297. The van der Waals surface area contributed by atoms with Gasteiger partial charge in [-0.2, -0.15) is 0 Å². The Hall–Kier alpha value is -2.38. The molecule has 3 heterocycles. The maximum atomic E-state index is 13.3. The van der Waals surface area contributed by atoms with E-state index in [2.05, 4.69) is 0 Å². The molecule has 0 saturated carbocycles. The fraction of sp³-hybridized carbons (Fsp3) is 0.524. The van der Waals surface area contributed by atoms with Crippen molar-refractivity contribution in [2.75, 3.05) is 41.0 Å². The van der Waals surface area contributed by atoms with Crippen LogP contribution >= 0.6 is 0 Å². The van der Waals surface area contributed by atoms with E-state index >= 15 is 0 Å². The number of hydrogen-bond acceptors (Lipinski definition) is 5. The zero-order valence-corrected chi connectivity index (χ0v) is 16.5. The predicted octanol–water partition coefficient (Wildman–Crippen LogP) is 1.08. The summed E-state index contributed by atoms with van der Waals surface area (Å²) in [6.07, 6.45) is 3.58. The summed E-state index contributed by atoms with van der Waals surface area (Å²) >= 11 is 0. The first-order valence-electron chi connectivity index (χ1n) is 9.52. The van der Waals surface area contributed by atoms with Gasteiger partial charge in [0.2, 0.25) is 11.8 Å². The van der Waals surface area contributed by atoms with E-state index in [-0.39, 0.29) is 17.9 Å². The van der Waals surface area contributed by atoms with Crippen LogP contribution in [0.25, 0.3) is 0 Å². The number of likely N-dealkylation sites (N-methyl/N-ethyl adjacent to an activating group) is 1. The van der Waals surface area contributed by atoms with Crippen LogP contribution in [0.3, 0.4) is 0 Å². The molecule has 2 unspecified atom stereocenters. The Morgan fingerprint density at radius 2 is 2.21 bits per heavy atom. The molecule has 4 atom stereocenters. The van der Waals surface area contributed by atoms with Crippen LogP contribution in [-0.4, -0.2) is 74.3 Å². The van der Waals surface area contributed by atoms with Crippen molar-refractivity contribution in [1.29, 1.82) is 0 Å². The Balaban J connectivity index is 1.54. The van der Waals surface area contributed by atoms with Crippen LogP contribution in [0.1, 0.15) is 5.56 Å². The van der Waals surface area contributed by atoms with Gasteiger partial charge in [-0.1, -0.05) is 24.3 Å². The van der Waals surface area contributed by atoms with Gasteiger partial charge in [0.25, 0.3) is 0 Å². The van der Waals surface area contributed by atoms with Crippen molar-refractivity contribution < 1.29 is 23.8 Å². The summed E-state index contributed by atoms with van der Waals surface area (Å²) in [5, 5.41) is 0. The molecule has 2 fully saturated rings. The minimum atomic E-state index is -0.691. The van der Waals surface area contributed by atoms with E-state index in [9.17, 15) is 9.59 Å². The number of likely N-dealkylation sites (tertiary alicyclic amines) is 1. The molecule has 3 aliphatic rings. The van der Waals surface area contributed by atoms with E-state index < -0.39 is 17.4 Å². The van der Waals surface area contributed by atoms with Crippen LogP contribution in [0, 0.1) is 11.8 Å². The molecule has 28 heavy (non-hydrogen) atoms. The minimum absolute atomic E-state index is 0.0202. The minimum Gasteiger partial charge on any atom is -0.497 e. The topological polar surface area (TPSA) is 68.3 Å². The van der Waals surface area contributed by atoms with Crippen LogP contribution in [-0.2, 0) is 25.6 Å². The summed E-state index contributed by atoms with van der Waals surface area (Å²) in [6, 6.07) is 7.68. The molecule has 7 heteroatoms. The highest BCUT2D eigenvalue weighted by molar-refractivity contribution is 5.93. The lowest BCUT2D eigenvalue weighted by Crippen LogP contribution is -2.45. The van der Waals surface area contributed by atoms with Crippen molar-refractivity contribution in [2.24, 2.45) is 11.8 Å². The Morgan fingerprint density at radius 3 is 2.96 bits per heavy atom. The average molecular weight is 386 g/mol. The molecule has 1 spiro atoms. The number of fused-ring (bicyclic) bond motifs is 1. The number of ether oxygens (including phenoxy) is 3. The van der Waals surface area contributed by atoms with Gasteiger partial charge in [0.15, 0.2) is 0 Å². The normalized spacial score (nSPS) is 30.0. The molecule has 1 aromatic rings. The number of rotatable bonds is 7. The summed E-state index contributed by atoms with van der Waals surface area (Å²) in [4.78, 5) is 29.7. The van der Waals surface area contributed by atoms with Crippen molar-refractivity contribution >= 4 is 11.8 Å². The lowest BCUT2D eigenvalue weighted by atomic mass is 9.76. The molecule has 0 aliphatic carbocycles. The van der Waals surface area contributed by atoms with Crippen molar-refractivity contribution in [2.45, 2.75) is 18.2 Å². The second kappa shape index (κ2) is 7.22. The second-order valence-electron chi connectivity index (χ2n) is 7.70. The first kappa shape index (κ1) is 19.0. The molecular weight excluding hydrogens is 360 g/mol. The van der Waals surface area contributed by atoms with Gasteiger partial charge in [-0.05, 0) is 17.7 Å². The molecule has 150 valence electrons. The Morgan fingerprint density at radius 1 is 1.39 bits per heavy atom. The third-order valence-corrected chi connectivity index (χ3v) is 5.98. The van der Waals surface area contributed by atoms with E-state index in [1.54, 1.807) is 31.1 Å². The van der Waals surface area contributed by atoms with E-state index in [0.29, 0.717) is 26.2 Å². The maximum Gasteiger partial charge on any atom is 0.230 e. The number of carbonyl (C=O) groups excluding carboxylic acids is 2. The zero-order chi connectivity index (χ0) is 19.9. The van der Waals surface area contributed by atoms with Crippen LogP contribution in [0.15, 0.2) is 36.4 Å². The number of benzene rings is 1. The number of hydrogen-bond donors (Lipinski definition) is 0. The monoisotopic (exact) mass is 386 g/mol. The lowest BCUT2D eigenvalue weighted by molar-refractivity contribution is -0.142. The van der Waals surface area contributed by atoms with Crippen LogP contribution in [0.5, 0.6) is 5.75 Å². The zero-order valence-electron chi connectivity index (χ0n) is 16.5. The molecule has 0 N–H and O–H groups in total. The molecular formula is C21H26N2O5. The second-order valence-corrected chi connectivity index (χ2v) is 7.70. The van der Waals surface area contributed by atoms with E-state index in [0.717, 1.165) is 11.3 Å². The number of methoxy groups -OCH3 is 2. The third-order valence-electron chi connectivity index (χ3n) is 5.98. The smallest absolute Gasteiger partial charge is 0.230 e. The number of carbonyl (C=O) groups is 2. The SMILES string of the molecule is COCCN(C)C(=O)C1C2C(=O)N(Cc3cccc(OC)c3)C[C@@]23C=C[C@@H]1O3. The molecule has 2 bridgehead atoms. The highest BCUT2D eigenvalue weighted by Crippen LogP contribution is 2.52. The highest BCUT2D eigenvalue weighted by Gasteiger charge is 2.67. The van der Waals surface area contributed by atoms with Gasteiger partial charge in [-0.25, -0.2) is 0 Å². The highest BCUT2D eigenvalue weighted by atomic mass is 16.5. The molecule has 1 aromatic carbocycles. The van der Waals surface area contributed by atoms with E-state index in [1.807, 2.05) is 36.4 Å². The van der Waals surface area contributed by atoms with Crippen LogP contribution in [0.4, 0.5) is 0 Å². The van der Waals surface area contributed by atoms with Gasteiger partial charge in [0.1, 0.15) is 11.4 Å². The van der Waals surface area contributed by atoms with Crippen molar-refractivity contribution in [3.8, 4) is 5.75 Å². The summed E-state index contributed by atoms with van der Waals surface area (Å²) in [5.74, 6) is -0.268. The van der Waals surface area contributed by atoms with Crippen molar-refractivity contribution in [3.63, 3.8) is 0 Å². The quantitative estimate of drug-likeness (QED) is 0.656. The Bertz CT molecular complexity index is 810. The summed E-state index contributed by atoms with van der Waals surface area (Å²) < 4.78 is 16.5. The van der Waals surface area contributed by atoms with E-state index in [4.69, 9.17) is 14.2 Å². The first-order valence-corrected chi connectivity index (χ1v) is 9.52. The fourth-order valence-electron chi connectivity index (χ4n) is 4.58. The van der Waals surface area contributed by atoms with Gasteiger partial charge in [0, 0.05) is 27.2 Å². The molecule has 3 aliphatic heterocycles. The largest absolute Gasteiger partial charge is 0.497 e. The predicted molar refractivity (Wildman–Crippen MR) is 102 cm³/mol. The number of amides is 2. The molecule has 2 amide bonds. The third kappa shape index (κ3) is 2.99. The van der Waals surface area contributed by atoms with Gasteiger partial charge in [-0.15, -0.1) is 0 Å². The molecule has 4 rings (SSSR count). The summed E-state index contributed by atoms with van der Waals surface area (Å²) in [7, 11) is 4.97. The van der Waals surface area contributed by atoms with Gasteiger partial charge in [0.05, 0.1) is 38.2 Å². The molecule has 2 saturated heterocycles. The van der Waals surface area contributed by atoms with Crippen molar-refractivity contribution in [1.82, 2.24) is 9.80 Å². The van der Waals surface area contributed by atoms with Gasteiger partial charge >= 0.3 is 0 Å². The lowest BCUT2D eigenvalue weighted by Gasteiger charge is -2.27. The molecule has 7 nitrogen and oxygen atoms in total. The maximum absolute atomic E-state index is 13.3. The molecule has 0 aromatic heterocycles. The Labute approximate surface area is 164 Å². The van der Waals surface area contributed by atoms with Gasteiger partial charge < -0.3 is 24.0 Å².